The third kappa shape index (κ3) is 6.73. The van der Waals surface area contributed by atoms with E-state index in [1.165, 1.54) is 22.3 Å². The van der Waals surface area contributed by atoms with Gasteiger partial charge in [-0.2, -0.15) is 0 Å². The lowest BCUT2D eigenvalue weighted by atomic mass is 9.79. The van der Waals surface area contributed by atoms with E-state index in [0.717, 1.165) is 61.4 Å². The summed E-state index contributed by atoms with van der Waals surface area (Å²) in [7, 11) is 0. The zero-order valence-corrected chi connectivity index (χ0v) is 35.0. The molecule has 5 nitrogen and oxygen atoms in total. The molecule has 0 amide bonds. The van der Waals surface area contributed by atoms with E-state index in [9.17, 15) is 5.11 Å². The first-order valence-electron chi connectivity index (χ1n) is 20.3. The highest BCUT2D eigenvalue weighted by Gasteiger charge is 2.27. The number of imidazole rings is 1. The van der Waals surface area contributed by atoms with E-state index < -0.39 is 0 Å². The third-order valence-corrected chi connectivity index (χ3v) is 11.4. The van der Waals surface area contributed by atoms with Crippen LogP contribution in [0.15, 0.2) is 128 Å². The Hall–Kier alpha value is -5.94. The molecule has 0 atom stereocenters. The lowest BCUT2D eigenvalue weighted by Gasteiger charge is -2.27. The molecule has 0 unspecified atom stereocenters. The molecule has 0 aliphatic heterocycles. The standard InChI is InChI=1S/C52H54N4O/c1-33(2)37-18-17-19-38(34(3)4)49(37)35-25-26-43-39(28-35)40(42-20-15-16-27-53-42)31-54(43)44-21-11-12-22-45(44)55-32-56(47-24-14-13-23-46(47)55)48-30-36(51(5,6)7)29-41(50(48)57)52(8,9)10/h11-31,33-34,57H,1-10H3. The van der Waals surface area contributed by atoms with Gasteiger partial charge in [-0.3, -0.25) is 14.1 Å². The van der Waals surface area contributed by atoms with E-state index in [4.69, 9.17) is 4.98 Å². The van der Waals surface area contributed by atoms with Crippen LogP contribution in [0.25, 0.3) is 61.4 Å². The Morgan fingerprint density at radius 1 is 0.667 bits per heavy atom. The number of rotatable bonds is 7. The maximum atomic E-state index is 12.0. The SMILES string of the molecule is CC(C)c1cccc(C(C)C)c1-c1ccc2c(c1)c(-c1ccccn1)cn2-c1ccccc1-[n+]1[c-]n(-c2cc(C(C)(C)C)cc(C(C)(C)C)c2O)c2ccccc21. The van der Waals surface area contributed by atoms with E-state index in [-0.39, 0.29) is 16.6 Å². The normalized spacial score (nSPS) is 12.4. The van der Waals surface area contributed by atoms with Crippen LogP contribution in [0.2, 0.25) is 0 Å². The first-order valence-corrected chi connectivity index (χ1v) is 20.3. The number of aromatic hydroxyl groups is 1. The molecule has 57 heavy (non-hydrogen) atoms. The van der Waals surface area contributed by atoms with Crippen molar-refractivity contribution in [1.82, 2.24) is 14.1 Å². The topological polar surface area (TPSA) is 46.9 Å². The molecule has 0 aliphatic carbocycles. The van der Waals surface area contributed by atoms with E-state index >= 15 is 0 Å². The van der Waals surface area contributed by atoms with E-state index in [2.05, 4.69) is 200 Å². The van der Waals surface area contributed by atoms with E-state index in [1.54, 1.807) is 0 Å². The molecule has 3 heterocycles. The van der Waals surface area contributed by atoms with Gasteiger partial charge in [0.2, 0.25) is 0 Å². The van der Waals surface area contributed by atoms with Crippen molar-refractivity contribution in [1.29, 1.82) is 0 Å². The van der Waals surface area contributed by atoms with Crippen LogP contribution in [0.4, 0.5) is 0 Å². The molecule has 0 aliphatic rings. The van der Waals surface area contributed by atoms with Crippen LogP contribution < -0.4 is 4.57 Å². The number of hydrogen-bond acceptors (Lipinski definition) is 2. The van der Waals surface area contributed by atoms with E-state index in [1.807, 2.05) is 16.8 Å². The van der Waals surface area contributed by atoms with Gasteiger partial charge in [-0.25, -0.2) is 0 Å². The minimum absolute atomic E-state index is 0.123. The summed E-state index contributed by atoms with van der Waals surface area (Å²) in [6.07, 6.45) is 7.84. The van der Waals surface area contributed by atoms with Crippen LogP contribution in [0.5, 0.6) is 5.75 Å². The van der Waals surface area contributed by atoms with Crippen LogP contribution in [0.3, 0.4) is 0 Å². The van der Waals surface area contributed by atoms with Gasteiger partial charge in [0.25, 0.3) is 6.33 Å². The van der Waals surface area contributed by atoms with E-state index in [0.29, 0.717) is 11.8 Å². The van der Waals surface area contributed by atoms with Gasteiger partial charge in [-0.05, 0) is 98.5 Å². The van der Waals surface area contributed by atoms with Gasteiger partial charge >= 0.3 is 0 Å². The number of nitrogens with zero attached hydrogens (tertiary/aromatic N) is 4. The number of hydrogen-bond donors (Lipinski definition) is 1. The Bertz CT molecular complexity index is 2740. The highest BCUT2D eigenvalue weighted by molar-refractivity contribution is 5.99. The average molecular weight is 751 g/mol. The average Bonchev–Trinajstić information content (AvgIpc) is 3.76. The molecule has 0 spiro atoms. The second-order valence-corrected chi connectivity index (χ2v) is 18.1. The number of pyridine rings is 1. The summed E-state index contributed by atoms with van der Waals surface area (Å²) in [5.41, 5.74) is 14.7. The zero-order chi connectivity index (χ0) is 40.4. The lowest BCUT2D eigenvalue weighted by Crippen LogP contribution is -2.31. The van der Waals surface area contributed by atoms with Crippen molar-refractivity contribution in [2.24, 2.45) is 0 Å². The number of para-hydroxylation sites is 4. The van der Waals surface area contributed by atoms with Gasteiger partial charge in [-0.15, -0.1) is 0 Å². The summed E-state index contributed by atoms with van der Waals surface area (Å²) in [5, 5.41) is 13.2. The molecule has 8 rings (SSSR count). The van der Waals surface area contributed by atoms with Gasteiger partial charge in [0, 0.05) is 23.3 Å². The molecule has 288 valence electrons. The molecule has 0 saturated carbocycles. The fraction of sp³-hybridized carbons (Fsp3) is 0.269. The molecule has 1 N–H and O–H groups in total. The molecule has 5 heteroatoms. The van der Waals surface area contributed by atoms with Crippen LogP contribution in [-0.4, -0.2) is 19.2 Å². The Balaban J connectivity index is 1.38. The Kier molecular flexibility index (Phi) is 9.47. The molecule has 0 radical (unpaired) electrons. The molecule has 0 fully saturated rings. The summed E-state index contributed by atoms with van der Waals surface area (Å²) < 4.78 is 6.47. The number of aromatic nitrogens is 4. The third-order valence-electron chi connectivity index (χ3n) is 11.4. The number of fused-ring (bicyclic) bond motifs is 2. The smallest absolute Gasteiger partial charge is 0.270 e. The Labute approximate surface area is 337 Å². The minimum Gasteiger partial charge on any atom is -0.511 e. The van der Waals surface area contributed by atoms with Crippen molar-refractivity contribution in [3.63, 3.8) is 0 Å². The second kappa shape index (κ2) is 14.2. The monoisotopic (exact) mass is 750 g/mol. The van der Waals surface area contributed by atoms with Crippen molar-refractivity contribution in [3.8, 4) is 45.2 Å². The molecule has 5 aromatic carbocycles. The number of phenols is 1. The quantitative estimate of drug-likeness (QED) is 0.130. The first kappa shape index (κ1) is 38.0. The molecule has 3 aromatic heterocycles. The summed E-state index contributed by atoms with van der Waals surface area (Å²) in [6.45, 7) is 22.3. The van der Waals surface area contributed by atoms with Gasteiger partial charge in [0.15, 0.2) is 0 Å². The predicted molar refractivity (Wildman–Crippen MR) is 236 cm³/mol. The molecular formula is C52H54N4O. The number of phenolic OH excluding ortho intramolecular Hbond substituents is 1. The fourth-order valence-electron chi connectivity index (χ4n) is 8.26. The van der Waals surface area contributed by atoms with Crippen LogP contribution in [-0.2, 0) is 10.8 Å². The Morgan fingerprint density at radius 3 is 2.02 bits per heavy atom. The molecule has 0 bridgehead atoms. The largest absolute Gasteiger partial charge is 0.511 e. The summed E-state index contributed by atoms with van der Waals surface area (Å²) in [4.78, 5) is 4.86. The minimum atomic E-state index is -0.264. The second-order valence-electron chi connectivity index (χ2n) is 18.1. The van der Waals surface area contributed by atoms with Crippen molar-refractivity contribution < 1.29 is 9.67 Å². The van der Waals surface area contributed by atoms with Crippen LogP contribution in [0.1, 0.15) is 103 Å². The highest BCUT2D eigenvalue weighted by Crippen LogP contribution is 2.42. The molecule has 8 aromatic rings. The zero-order valence-electron chi connectivity index (χ0n) is 35.0. The first-order chi connectivity index (χ1) is 27.1. The highest BCUT2D eigenvalue weighted by atomic mass is 16.3. The fourth-order valence-corrected chi connectivity index (χ4v) is 8.26. The number of benzene rings is 5. The maximum absolute atomic E-state index is 12.0. The van der Waals surface area contributed by atoms with Gasteiger partial charge in [0.1, 0.15) is 11.4 Å². The summed E-state index contributed by atoms with van der Waals surface area (Å²) >= 11 is 0. The predicted octanol–water partition coefficient (Wildman–Crippen LogP) is 12.9. The molecule has 0 saturated heterocycles. The van der Waals surface area contributed by atoms with Crippen molar-refractivity contribution in [2.75, 3.05) is 0 Å². The van der Waals surface area contributed by atoms with Gasteiger partial charge in [-0.1, -0.05) is 142 Å². The van der Waals surface area contributed by atoms with Crippen LogP contribution >= 0.6 is 0 Å². The lowest BCUT2D eigenvalue weighted by molar-refractivity contribution is -0.572. The van der Waals surface area contributed by atoms with Crippen LogP contribution in [0, 0.1) is 6.33 Å². The Morgan fingerprint density at radius 2 is 1.35 bits per heavy atom. The van der Waals surface area contributed by atoms with Gasteiger partial charge in [0.05, 0.1) is 33.6 Å². The maximum Gasteiger partial charge on any atom is 0.270 e. The van der Waals surface area contributed by atoms with Crippen molar-refractivity contribution >= 4 is 21.9 Å². The summed E-state index contributed by atoms with van der Waals surface area (Å²) in [6, 6.07) is 41.0. The van der Waals surface area contributed by atoms with Gasteiger partial charge < -0.3 is 9.67 Å². The van der Waals surface area contributed by atoms with Crippen molar-refractivity contribution in [3.05, 3.63) is 156 Å². The molecular weight excluding hydrogens is 697 g/mol. The summed E-state index contributed by atoms with van der Waals surface area (Å²) in [5.74, 6) is 1.05. The van der Waals surface area contributed by atoms with Crippen molar-refractivity contribution in [2.45, 2.75) is 91.9 Å².